The van der Waals surface area contributed by atoms with Gasteiger partial charge in [-0.3, -0.25) is 4.79 Å². The number of carbonyl (C=O) groups excluding carboxylic acids is 1. The van der Waals surface area contributed by atoms with Crippen LogP contribution in [0.25, 0.3) is 0 Å². The largest absolute Gasteiger partial charge is 0.459 e. The number of aryl methyl sites for hydroxylation is 1. The Morgan fingerprint density at radius 3 is 2.56 bits per heavy atom. The fraction of sp³-hybridized carbons (Fsp3) is 0.462. The molecule has 0 heterocycles. The van der Waals surface area contributed by atoms with Crippen molar-refractivity contribution >= 4 is 22.4 Å². The Labute approximate surface area is 105 Å². The molecule has 3 heteroatoms. The molecule has 0 radical (unpaired) electrons. The van der Waals surface area contributed by atoms with Crippen molar-refractivity contribution < 1.29 is 9.53 Å². The highest BCUT2D eigenvalue weighted by molar-refractivity contribution is 9.09. The highest BCUT2D eigenvalue weighted by atomic mass is 79.9. The van der Waals surface area contributed by atoms with E-state index >= 15 is 0 Å². The van der Waals surface area contributed by atoms with E-state index in [2.05, 4.69) is 35.0 Å². The Hall–Kier alpha value is -0.830. The predicted octanol–water partition coefficient (Wildman–Crippen LogP) is 3.64. The summed E-state index contributed by atoms with van der Waals surface area (Å²) in [5.41, 5.74) is 2.37. The molecule has 2 nitrogen and oxygen atoms in total. The zero-order chi connectivity index (χ0) is 11.8. The molecule has 0 amide bonds. The lowest BCUT2D eigenvalue weighted by molar-refractivity contribution is -0.132. The number of rotatable bonds is 7. The van der Waals surface area contributed by atoms with Gasteiger partial charge in [-0.25, -0.2) is 0 Å². The molecule has 0 N–H and O–H groups in total. The summed E-state index contributed by atoms with van der Waals surface area (Å²) in [5, 5.41) is 0.625. The summed E-state index contributed by atoms with van der Waals surface area (Å²) in [5.74, 6) is 0. The van der Waals surface area contributed by atoms with E-state index in [-0.39, 0.29) is 6.10 Å². The molecule has 1 unspecified atom stereocenters. The molecular weight excluding hydrogens is 268 g/mol. The molecule has 16 heavy (non-hydrogen) atoms. The van der Waals surface area contributed by atoms with Crippen LogP contribution in [0.3, 0.4) is 0 Å². The molecule has 1 aromatic rings. The lowest BCUT2D eigenvalue weighted by Gasteiger charge is -2.12. The summed E-state index contributed by atoms with van der Waals surface area (Å²) in [7, 11) is 0. The molecule has 0 bridgehead atoms. The summed E-state index contributed by atoms with van der Waals surface area (Å²) < 4.78 is 4.97. The summed E-state index contributed by atoms with van der Waals surface area (Å²) in [6, 6.07) is 8.27. The minimum atomic E-state index is -0.183. The van der Waals surface area contributed by atoms with Crippen LogP contribution in [0.5, 0.6) is 0 Å². The average molecular weight is 285 g/mol. The standard InChI is InChI=1S/C13H17BrO2/c1-2-3-4-11-5-7-12(8-6-11)13(9-14)16-10-15/h5-8,10,13H,2-4,9H2,1H3. The normalized spacial score (nSPS) is 12.1. The van der Waals surface area contributed by atoms with Gasteiger partial charge < -0.3 is 4.74 Å². The molecule has 88 valence electrons. The number of unbranched alkanes of at least 4 members (excludes halogenated alkanes) is 1. The smallest absolute Gasteiger partial charge is 0.293 e. The van der Waals surface area contributed by atoms with E-state index in [9.17, 15) is 4.79 Å². The summed E-state index contributed by atoms with van der Waals surface area (Å²) in [6.07, 6.45) is 3.36. The summed E-state index contributed by atoms with van der Waals surface area (Å²) in [4.78, 5) is 10.3. The van der Waals surface area contributed by atoms with Gasteiger partial charge in [0.05, 0.1) is 0 Å². The molecule has 0 aliphatic carbocycles. The molecule has 0 aliphatic rings. The van der Waals surface area contributed by atoms with Gasteiger partial charge in [-0.1, -0.05) is 53.5 Å². The van der Waals surface area contributed by atoms with E-state index < -0.39 is 0 Å². The Balaban J connectivity index is 2.65. The summed E-state index contributed by atoms with van der Waals surface area (Å²) >= 11 is 3.33. The van der Waals surface area contributed by atoms with Crippen LogP contribution < -0.4 is 0 Å². The van der Waals surface area contributed by atoms with Crippen molar-refractivity contribution in [2.45, 2.75) is 32.3 Å². The van der Waals surface area contributed by atoms with E-state index in [4.69, 9.17) is 4.74 Å². The van der Waals surface area contributed by atoms with Crippen molar-refractivity contribution in [1.29, 1.82) is 0 Å². The average Bonchev–Trinajstić information content (AvgIpc) is 2.34. The van der Waals surface area contributed by atoms with Crippen LogP contribution in [0, 0.1) is 0 Å². The topological polar surface area (TPSA) is 26.3 Å². The molecular formula is C13H17BrO2. The van der Waals surface area contributed by atoms with Crippen molar-refractivity contribution in [2.75, 3.05) is 5.33 Å². The van der Waals surface area contributed by atoms with E-state index in [0.717, 1.165) is 12.0 Å². The monoisotopic (exact) mass is 284 g/mol. The van der Waals surface area contributed by atoms with Crippen LogP contribution in [-0.4, -0.2) is 11.8 Å². The molecule has 0 aliphatic heterocycles. The number of benzene rings is 1. The van der Waals surface area contributed by atoms with Gasteiger partial charge in [0.1, 0.15) is 6.10 Å². The third-order valence-electron chi connectivity index (χ3n) is 2.53. The summed E-state index contributed by atoms with van der Waals surface area (Å²) in [6.45, 7) is 2.68. The van der Waals surface area contributed by atoms with Crippen LogP contribution in [0.1, 0.15) is 37.0 Å². The van der Waals surface area contributed by atoms with Gasteiger partial charge in [-0.05, 0) is 24.0 Å². The van der Waals surface area contributed by atoms with Crippen molar-refractivity contribution in [2.24, 2.45) is 0 Å². The van der Waals surface area contributed by atoms with Crippen molar-refractivity contribution in [1.82, 2.24) is 0 Å². The molecule has 0 fully saturated rings. The lowest BCUT2D eigenvalue weighted by Crippen LogP contribution is -2.04. The Bertz CT molecular complexity index is 308. The SMILES string of the molecule is CCCCc1ccc(C(CBr)OC=O)cc1. The molecule has 1 aromatic carbocycles. The number of carbonyl (C=O) groups is 1. The van der Waals surface area contributed by atoms with Gasteiger partial charge in [0.2, 0.25) is 0 Å². The molecule has 1 atom stereocenters. The third kappa shape index (κ3) is 3.97. The highest BCUT2D eigenvalue weighted by Gasteiger charge is 2.09. The fourth-order valence-electron chi connectivity index (χ4n) is 1.55. The van der Waals surface area contributed by atoms with Crippen LogP contribution in [0.15, 0.2) is 24.3 Å². The Morgan fingerprint density at radius 2 is 2.06 bits per heavy atom. The van der Waals surface area contributed by atoms with Crippen molar-refractivity contribution in [3.63, 3.8) is 0 Å². The van der Waals surface area contributed by atoms with Crippen molar-refractivity contribution in [3.05, 3.63) is 35.4 Å². The maximum atomic E-state index is 10.3. The third-order valence-corrected chi connectivity index (χ3v) is 3.12. The van der Waals surface area contributed by atoms with Gasteiger partial charge in [-0.2, -0.15) is 0 Å². The maximum absolute atomic E-state index is 10.3. The van der Waals surface area contributed by atoms with Crippen LogP contribution >= 0.6 is 15.9 Å². The van der Waals surface area contributed by atoms with Gasteiger partial charge in [0.15, 0.2) is 0 Å². The molecule has 0 saturated heterocycles. The van der Waals surface area contributed by atoms with Gasteiger partial charge in [-0.15, -0.1) is 0 Å². The second-order valence-electron chi connectivity index (χ2n) is 3.72. The Morgan fingerprint density at radius 1 is 1.38 bits per heavy atom. The van der Waals surface area contributed by atoms with E-state index in [0.29, 0.717) is 11.8 Å². The van der Waals surface area contributed by atoms with E-state index in [1.807, 2.05) is 12.1 Å². The quantitative estimate of drug-likeness (QED) is 0.565. The number of ether oxygens (including phenoxy) is 1. The predicted molar refractivity (Wildman–Crippen MR) is 68.7 cm³/mol. The minimum Gasteiger partial charge on any atom is -0.459 e. The van der Waals surface area contributed by atoms with E-state index in [1.165, 1.54) is 18.4 Å². The zero-order valence-electron chi connectivity index (χ0n) is 9.49. The van der Waals surface area contributed by atoms with Gasteiger partial charge in [0.25, 0.3) is 6.47 Å². The molecule has 0 spiro atoms. The van der Waals surface area contributed by atoms with Gasteiger partial charge >= 0.3 is 0 Å². The number of halogens is 1. The first kappa shape index (κ1) is 13.2. The first-order chi connectivity index (χ1) is 7.81. The molecule has 1 rings (SSSR count). The Kier molecular flexibility index (Phi) is 6.16. The van der Waals surface area contributed by atoms with Crippen LogP contribution in [0.4, 0.5) is 0 Å². The number of alkyl halides is 1. The molecule has 0 aromatic heterocycles. The van der Waals surface area contributed by atoms with E-state index in [1.54, 1.807) is 0 Å². The second kappa shape index (κ2) is 7.44. The first-order valence-corrected chi connectivity index (χ1v) is 6.67. The maximum Gasteiger partial charge on any atom is 0.293 e. The van der Waals surface area contributed by atoms with Gasteiger partial charge in [0, 0.05) is 5.33 Å². The highest BCUT2D eigenvalue weighted by Crippen LogP contribution is 2.20. The number of hydrogen-bond acceptors (Lipinski definition) is 2. The van der Waals surface area contributed by atoms with Crippen molar-refractivity contribution in [3.8, 4) is 0 Å². The lowest BCUT2D eigenvalue weighted by atomic mass is 10.0. The molecule has 0 saturated carbocycles. The zero-order valence-corrected chi connectivity index (χ0v) is 11.1. The second-order valence-corrected chi connectivity index (χ2v) is 4.37. The van der Waals surface area contributed by atoms with Crippen LogP contribution in [-0.2, 0) is 16.0 Å². The fourth-order valence-corrected chi connectivity index (χ4v) is 2.08. The van der Waals surface area contributed by atoms with Crippen LogP contribution in [0.2, 0.25) is 0 Å². The number of hydrogen-bond donors (Lipinski definition) is 0. The first-order valence-electron chi connectivity index (χ1n) is 5.55. The minimum absolute atomic E-state index is 0.183.